The smallest absolute Gasteiger partial charge is 0.344 e. The van der Waals surface area contributed by atoms with Crippen LogP contribution in [-0.2, 0) is 20.7 Å². The molecule has 0 bridgehead atoms. The van der Waals surface area contributed by atoms with Crippen LogP contribution in [0.4, 0.5) is 0 Å². The average molecular weight is 453 g/mol. The van der Waals surface area contributed by atoms with Gasteiger partial charge in [0.2, 0.25) is 0 Å². The molecule has 1 aliphatic rings. The number of aliphatic hydroxyl groups is 2. The second kappa shape index (κ2) is 8.32. The zero-order valence-corrected chi connectivity index (χ0v) is 18.6. The number of rotatable bonds is 5. The first-order chi connectivity index (χ1) is 13.6. The summed E-state index contributed by atoms with van der Waals surface area (Å²) in [5, 5.41) is 23.5. The van der Waals surface area contributed by atoms with Gasteiger partial charge in [-0.2, -0.15) is 0 Å². The van der Waals surface area contributed by atoms with Crippen LogP contribution < -0.4 is 0 Å². The van der Waals surface area contributed by atoms with Crippen LogP contribution >= 0.6 is 35.0 Å². The van der Waals surface area contributed by atoms with Gasteiger partial charge in [-0.3, -0.25) is 0 Å². The van der Waals surface area contributed by atoms with Gasteiger partial charge in [0.25, 0.3) is 0 Å². The van der Waals surface area contributed by atoms with Gasteiger partial charge in [0.15, 0.2) is 0 Å². The van der Waals surface area contributed by atoms with E-state index in [0.29, 0.717) is 26.1 Å². The molecule has 0 spiro atoms. The van der Waals surface area contributed by atoms with Crippen molar-refractivity contribution in [3.8, 4) is 0 Å². The summed E-state index contributed by atoms with van der Waals surface area (Å²) < 4.78 is 4.87. The Bertz CT molecular complexity index is 921. The van der Waals surface area contributed by atoms with Crippen molar-refractivity contribution in [3.05, 3.63) is 80.7 Å². The molecule has 4 nitrogen and oxygen atoms in total. The minimum atomic E-state index is -1.37. The van der Waals surface area contributed by atoms with E-state index >= 15 is 0 Å². The molecule has 3 rings (SSSR count). The first kappa shape index (κ1) is 22.2. The first-order valence-corrected chi connectivity index (χ1v) is 10.6. The summed E-state index contributed by atoms with van der Waals surface area (Å²) in [7, 11) is 1.31. The van der Waals surface area contributed by atoms with Gasteiger partial charge in [0.05, 0.1) is 28.5 Å². The Balaban J connectivity index is 2.06. The molecule has 0 amide bonds. The van der Waals surface area contributed by atoms with Crippen molar-refractivity contribution >= 4 is 40.9 Å². The maximum Gasteiger partial charge on any atom is 0.344 e. The molecule has 0 aromatic heterocycles. The van der Waals surface area contributed by atoms with Crippen LogP contribution in [-0.4, -0.2) is 28.5 Å². The van der Waals surface area contributed by atoms with E-state index in [0.717, 1.165) is 0 Å². The summed E-state index contributed by atoms with van der Waals surface area (Å²) in [6.07, 6.45) is 1.68. The molecule has 1 aliphatic heterocycles. The molecular weight excluding hydrogens is 431 g/mol. The maximum absolute atomic E-state index is 12.2. The fraction of sp³-hybridized carbons (Fsp3) is 0.318. The van der Waals surface area contributed by atoms with Crippen LogP contribution in [0.3, 0.4) is 0 Å². The molecule has 2 aromatic rings. The second-order valence-corrected chi connectivity index (χ2v) is 9.45. The fourth-order valence-electron chi connectivity index (χ4n) is 3.57. The number of thioether (sulfide) groups is 1. The number of hydrogen-bond donors (Lipinski definition) is 2. The van der Waals surface area contributed by atoms with Crippen LogP contribution in [0.1, 0.15) is 25.0 Å². The summed E-state index contributed by atoms with van der Waals surface area (Å²) in [5.41, 5.74) is -1.46. The molecule has 2 aromatic carbocycles. The Morgan fingerprint density at radius 3 is 1.83 bits per heavy atom. The van der Waals surface area contributed by atoms with Gasteiger partial charge in [-0.05, 0) is 49.2 Å². The standard InChI is InChI=1S/C22H22Cl2O4S/c1-21(26,13-4-8-15(23)9-5-13)17-12-18(20(25)28-3)29-19(17)22(2,27)14-6-10-16(24)11-7-14/h4-12,17,19,26-27H,1-3H3/t17-,19-,21?,22?/m1/s1. The van der Waals surface area contributed by atoms with E-state index in [9.17, 15) is 15.0 Å². The third-order valence-electron chi connectivity index (χ3n) is 5.36. The lowest BCUT2D eigenvalue weighted by Crippen LogP contribution is -2.45. The van der Waals surface area contributed by atoms with E-state index in [-0.39, 0.29) is 0 Å². The molecule has 29 heavy (non-hydrogen) atoms. The minimum absolute atomic E-state index is 0.353. The molecule has 7 heteroatoms. The highest BCUT2D eigenvalue weighted by Crippen LogP contribution is 2.52. The summed E-state index contributed by atoms with van der Waals surface area (Å²) in [5.74, 6) is -1.07. The second-order valence-electron chi connectivity index (χ2n) is 7.40. The molecular formula is C22H22Cl2O4S. The third kappa shape index (κ3) is 4.35. The van der Waals surface area contributed by atoms with E-state index in [4.69, 9.17) is 27.9 Å². The van der Waals surface area contributed by atoms with Crippen molar-refractivity contribution < 1.29 is 19.7 Å². The number of esters is 1. The van der Waals surface area contributed by atoms with Gasteiger partial charge in [-0.25, -0.2) is 4.79 Å². The number of methoxy groups -OCH3 is 1. The average Bonchev–Trinajstić information content (AvgIpc) is 3.15. The molecule has 2 unspecified atom stereocenters. The van der Waals surface area contributed by atoms with Crippen molar-refractivity contribution in [1.82, 2.24) is 0 Å². The van der Waals surface area contributed by atoms with Gasteiger partial charge < -0.3 is 14.9 Å². The molecule has 0 radical (unpaired) electrons. The number of carbonyl (C=O) groups excluding carboxylic acids is 1. The quantitative estimate of drug-likeness (QED) is 0.631. The molecule has 0 saturated carbocycles. The topological polar surface area (TPSA) is 66.8 Å². The van der Waals surface area contributed by atoms with Crippen LogP contribution in [0.15, 0.2) is 59.5 Å². The van der Waals surface area contributed by atoms with Crippen molar-refractivity contribution in [2.75, 3.05) is 7.11 Å². The van der Waals surface area contributed by atoms with Gasteiger partial charge >= 0.3 is 5.97 Å². The Hall–Kier alpha value is -1.50. The summed E-state index contributed by atoms with van der Waals surface area (Å²) >= 11 is 13.2. The zero-order chi connectivity index (χ0) is 21.4. The molecule has 0 aliphatic carbocycles. The van der Waals surface area contributed by atoms with Crippen molar-refractivity contribution in [2.45, 2.75) is 30.3 Å². The Morgan fingerprint density at radius 2 is 1.38 bits per heavy atom. The molecule has 2 N–H and O–H groups in total. The van der Waals surface area contributed by atoms with Crippen LogP contribution in [0.5, 0.6) is 0 Å². The maximum atomic E-state index is 12.2. The van der Waals surface area contributed by atoms with Gasteiger partial charge in [0.1, 0.15) is 0 Å². The van der Waals surface area contributed by atoms with Crippen molar-refractivity contribution in [3.63, 3.8) is 0 Å². The predicted octanol–water partition coefficient (Wildman–Crippen LogP) is 4.90. The molecule has 4 atom stereocenters. The van der Waals surface area contributed by atoms with Gasteiger partial charge in [-0.15, -0.1) is 11.8 Å². The normalized spacial score (nSPS) is 23.1. The highest BCUT2D eigenvalue weighted by Gasteiger charge is 2.51. The predicted molar refractivity (Wildman–Crippen MR) is 117 cm³/mol. The number of carbonyl (C=O) groups is 1. The van der Waals surface area contributed by atoms with E-state index in [1.54, 1.807) is 68.5 Å². The first-order valence-electron chi connectivity index (χ1n) is 9.01. The zero-order valence-electron chi connectivity index (χ0n) is 16.2. The van der Waals surface area contributed by atoms with Crippen LogP contribution in [0.25, 0.3) is 0 Å². The van der Waals surface area contributed by atoms with Gasteiger partial charge in [0, 0.05) is 16.0 Å². The lowest BCUT2D eigenvalue weighted by molar-refractivity contribution is -0.135. The summed E-state index contributed by atoms with van der Waals surface area (Å²) in [6.45, 7) is 3.34. The minimum Gasteiger partial charge on any atom is -0.465 e. The number of ether oxygens (including phenoxy) is 1. The fourth-order valence-corrected chi connectivity index (χ4v) is 5.36. The number of hydrogen-bond acceptors (Lipinski definition) is 5. The lowest BCUT2D eigenvalue weighted by atomic mass is 9.74. The van der Waals surface area contributed by atoms with E-state index in [1.807, 2.05) is 0 Å². The van der Waals surface area contributed by atoms with E-state index in [2.05, 4.69) is 0 Å². The van der Waals surface area contributed by atoms with Crippen molar-refractivity contribution in [2.24, 2.45) is 5.92 Å². The monoisotopic (exact) mass is 452 g/mol. The largest absolute Gasteiger partial charge is 0.465 e. The third-order valence-corrected chi connectivity index (χ3v) is 7.42. The molecule has 0 fully saturated rings. The van der Waals surface area contributed by atoms with E-state index in [1.165, 1.54) is 18.9 Å². The lowest BCUT2D eigenvalue weighted by Gasteiger charge is -2.40. The van der Waals surface area contributed by atoms with Crippen molar-refractivity contribution in [1.29, 1.82) is 0 Å². The van der Waals surface area contributed by atoms with Gasteiger partial charge in [-0.1, -0.05) is 53.5 Å². The molecule has 154 valence electrons. The SMILES string of the molecule is COC(=O)C1=C[C@@H](C(C)(O)c2ccc(Cl)cc2)[C@H](C(C)(O)c2ccc(Cl)cc2)S1. The molecule has 1 heterocycles. The Morgan fingerprint density at radius 1 is 0.931 bits per heavy atom. The number of benzene rings is 2. The summed E-state index contributed by atoms with van der Waals surface area (Å²) in [6, 6.07) is 13.8. The molecule has 0 saturated heterocycles. The highest BCUT2D eigenvalue weighted by molar-refractivity contribution is 8.04. The highest BCUT2D eigenvalue weighted by atomic mass is 35.5. The van der Waals surface area contributed by atoms with Crippen LogP contribution in [0, 0.1) is 5.92 Å². The van der Waals surface area contributed by atoms with Crippen LogP contribution in [0.2, 0.25) is 10.0 Å². The Labute approximate surface area is 184 Å². The number of halogens is 2. The Kier molecular flexibility index (Phi) is 6.37. The summed E-state index contributed by atoms with van der Waals surface area (Å²) in [4.78, 5) is 12.6. The van der Waals surface area contributed by atoms with E-state index < -0.39 is 28.3 Å².